The number of carbonyl (C=O) groups is 1. The number of nitrogens with zero attached hydrogens (tertiary/aromatic N) is 2. The van der Waals surface area contributed by atoms with Gasteiger partial charge in [0, 0.05) is 35.1 Å². The van der Waals surface area contributed by atoms with Crippen LogP contribution in [0.25, 0.3) is 10.6 Å². The zero-order valence-corrected chi connectivity index (χ0v) is 13.4. The van der Waals surface area contributed by atoms with E-state index in [9.17, 15) is 4.79 Å². The second-order valence-corrected chi connectivity index (χ2v) is 5.88. The van der Waals surface area contributed by atoms with E-state index >= 15 is 0 Å². The maximum Gasteiger partial charge on any atom is 0.251 e. The Balaban J connectivity index is 2.70. The molecule has 0 atom stereocenters. The number of aromatic nitrogens is 2. The summed E-state index contributed by atoms with van der Waals surface area (Å²) < 4.78 is 2.14. The molecule has 5 heteroatoms. The van der Waals surface area contributed by atoms with Gasteiger partial charge < -0.3 is 10.3 Å². The molecule has 0 aliphatic heterocycles. The molecule has 2 N–H and O–H groups in total. The molecule has 0 spiro atoms. The summed E-state index contributed by atoms with van der Waals surface area (Å²) in [6, 6.07) is 0. The van der Waals surface area contributed by atoms with E-state index in [4.69, 9.17) is 5.73 Å². The van der Waals surface area contributed by atoms with Crippen molar-refractivity contribution in [2.75, 3.05) is 0 Å². The highest BCUT2D eigenvalue weighted by atomic mass is 32.1. The minimum Gasteiger partial charge on any atom is -0.366 e. The smallest absolute Gasteiger partial charge is 0.251 e. The van der Waals surface area contributed by atoms with E-state index in [1.165, 1.54) is 11.3 Å². The highest BCUT2D eigenvalue weighted by Gasteiger charge is 2.25. The first kappa shape index (κ1) is 15.5. The normalized spacial score (nSPS) is 10.8. The summed E-state index contributed by atoms with van der Waals surface area (Å²) >= 11 is 1.54. The molecule has 0 saturated carbocycles. The summed E-state index contributed by atoms with van der Waals surface area (Å²) in [6.07, 6.45) is 6.68. The van der Waals surface area contributed by atoms with E-state index in [-0.39, 0.29) is 0 Å². The first-order valence-corrected chi connectivity index (χ1v) is 8.02. The van der Waals surface area contributed by atoms with Gasteiger partial charge >= 0.3 is 0 Å². The molecule has 112 valence electrons. The molecule has 4 nitrogen and oxygen atoms in total. The van der Waals surface area contributed by atoms with Gasteiger partial charge in [0.2, 0.25) is 0 Å². The second-order valence-electron chi connectivity index (χ2n) is 4.99. The van der Waals surface area contributed by atoms with Crippen LogP contribution < -0.4 is 5.73 Å². The molecule has 0 fully saturated rings. The topological polar surface area (TPSA) is 60.9 Å². The Morgan fingerprint density at radius 2 is 2.33 bits per heavy atom. The summed E-state index contributed by atoms with van der Waals surface area (Å²) in [5.74, 6) is -0.390. The van der Waals surface area contributed by atoms with Crippen molar-refractivity contribution < 1.29 is 4.79 Å². The van der Waals surface area contributed by atoms with E-state index in [0.29, 0.717) is 12.1 Å². The fourth-order valence-corrected chi connectivity index (χ4v) is 3.37. The summed E-state index contributed by atoms with van der Waals surface area (Å²) in [5, 5.41) is 2.78. The van der Waals surface area contributed by atoms with Gasteiger partial charge in [-0.05, 0) is 19.8 Å². The molecule has 0 unspecified atom stereocenters. The third-order valence-electron chi connectivity index (χ3n) is 3.60. The summed E-state index contributed by atoms with van der Waals surface area (Å²) in [7, 11) is 0. The maximum absolute atomic E-state index is 11.9. The summed E-state index contributed by atoms with van der Waals surface area (Å²) in [5.41, 5.74) is 9.17. The number of unbranched alkanes of at least 4 members (excludes halogenated alkanes) is 1. The number of carbonyl (C=O) groups excluding carboxylic acids is 1. The fraction of sp³-hybridized carbons (Fsp3) is 0.375. The van der Waals surface area contributed by atoms with Crippen molar-refractivity contribution >= 4 is 17.2 Å². The molecule has 0 aromatic carbocycles. The summed E-state index contributed by atoms with van der Waals surface area (Å²) in [4.78, 5) is 16.3. The third-order valence-corrected chi connectivity index (χ3v) is 4.39. The lowest BCUT2D eigenvalue weighted by Gasteiger charge is -2.10. The van der Waals surface area contributed by atoms with Crippen LogP contribution in [0, 0.1) is 6.92 Å². The van der Waals surface area contributed by atoms with E-state index in [1.54, 1.807) is 6.20 Å². The average Bonchev–Trinajstić information content (AvgIpc) is 3.05. The van der Waals surface area contributed by atoms with Gasteiger partial charge in [0.1, 0.15) is 5.01 Å². The Kier molecular flexibility index (Phi) is 4.96. The van der Waals surface area contributed by atoms with Gasteiger partial charge in [-0.3, -0.25) is 4.79 Å². The number of hydrogen-bond donors (Lipinski definition) is 1. The van der Waals surface area contributed by atoms with Gasteiger partial charge in [0.15, 0.2) is 0 Å². The van der Waals surface area contributed by atoms with E-state index < -0.39 is 5.91 Å². The van der Waals surface area contributed by atoms with Crippen molar-refractivity contribution in [3.05, 3.63) is 41.2 Å². The highest BCUT2D eigenvalue weighted by molar-refractivity contribution is 7.13. The van der Waals surface area contributed by atoms with Crippen LogP contribution in [0.15, 0.2) is 24.2 Å². The molecule has 2 aromatic heterocycles. The Labute approximate surface area is 129 Å². The number of allylic oxidation sites excluding steroid dienone is 1. The van der Waals surface area contributed by atoms with Crippen LogP contribution in [-0.2, 0) is 13.0 Å². The molecule has 0 aliphatic carbocycles. The molecule has 0 saturated heterocycles. The Hall–Kier alpha value is -1.88. The number of thiazole rings is 1. The number of hydrogen-bond acceptors (Lipinski definition) is 3. The SMILES string of the molecule is C=CCn1c(C)c(C(N)=O)c(-c2nccs2)c1CCCC. The van der Waals surface area contributed by atoms with Crippen LogP contribution in [-0.4, -0.2) is 15.5 Å². The molecule has 2 heterocycles. The van der Waals surface area contributed by atoms with Gasteiger partial charge in [-0.25, -0.2) is 4.98 Å². The molecule has 21 heavy (non-hydrogen) atoms. The molecule has 0 aliphatic rings. The minimum absolute atomic E-state index is 0.390. The lowest BCUT2D eigenvalue weighted by atomic mass is 10.1. The largest absolute Gasteiger partial charge is 0.366 e. The number of rotatable bonds is 7. The first-order valence-electron chi connectivity index (χ1n) is 7.14. The molecule has 1 amide bonds. The zero-order chi connectivity index (χ0) is 15.4. The van der Waals surface area contributed by atoms with Crippen molar-refractivity contribution in [1.29, 1.82) is 0 Å². The van der Waals surface area contributed by atoms with Gasteiger partial charge in [-0.1, -0.05) is 19.4 Å². The number of nitrogens with two attached hydrogens (primary N) is 1. The zero-order valence-electron chi connectivity index (χ0n) is 12.6. The van der Waals surface area contributed by atoms with Crippen molar-refractivity contribution in [1.82, 2.24) is 9.55 Å². The fourth-order valence-electron chi connectivity index (χ4n) is 2.66. The van der Waals surface area contributed by atoms with Crippen LogP contribution >= 0.6 is 11.3 Å². The second kappa shape index (κ2) is 6.72. The van der Waals surface area contributed by atoms with Gasteiger partial charge in [0.05, 0.1) is 5.56 Å². The van der Waals surface area contributed by atoms with Crippen LogP contribution in [0.4, 0.5) is 0 Å². The van der Waals surface area contributed by atoms with E-state index in [1.807, 2.05) is 18.4 Å². The van der Waals surface area contributed by atoms with E-state index in [0.717, 1.165) is 41.2 Å². The lowest BCUT2D eigenvalue weighted by molar-refractivity contribution is 0.1000. The molecule has 0 bridgehead atoms. The predicted octanol–water partition coefficient (Wildman–Crippen LogP) is 3.55. The van der Waals surface area contributed by atoms with Gasteiger partial charge in [-0.15, -0.1) is 17.9 Å². The molecular weight excluding hydrogens is 282 g/mol. The quantitative estimate of drug-likeness (QED) is 0.795. The number of amides is 1. The molecule has 2 rings (SSSR count). The lowest BCUT2D eigenvalue weighted by Crippen LogP contribution is -2.13. The average molecular weight is 303 g/mol. The third kappa shape index (κ3) is 2.93. The summed E-state index contributed by atoms with van der Waals surface area (Å²) in [6.45, 7) is 8.59. The van der Waals surface area contributed by atoms with Gasteiger partial charge in [-0.2, -0.15) is 0 Å². The number of primary amides is 1. The van der Waals surface area contributed by atoms with Crippen molar-refractivity contribution in [3.8, 4) is 10.6 Å². The molecule has 0 radical (unpaired) electrons. The molecular formula is C16H21N3OS. The van der Waals surface area contributed by atoms with Crippen LogP contribution in [0.1, 0.15) is 41.5 Å². The van der Waals surface area contributed by atoms with Crippen molar-refractivity contribution in [3.63, 3.8) is 0 Å². The predicted molar refractivity (Wildman–Crippen MR) is 87.6 cm³/mol. The first-order chi connectivity index (χ1) is 10.1. The maximum atomic E-state index is 11.9. The monoisotopic (exact) mass is 303 g/mol. The van der Waals surface area contributed by atoms with Crippen LogP contribution in [0.2, 0.25) is 0 Å². The van der Waals surface area contributed by atoms with Crippen molar-refractivity contribution in [2.24, 2.45) is 5.73 Å². The standard InChI is InChI=1S/C16H21N3OS/c1-4-6-7-12-14(16-18-8-10-21-16)13(15(17)20)11(3)19(12)9-5-2/h5,8,10H,2,4,6-7,9H2,1,3H3,(H2,17,20). The minimum atomic E-state index is -0.390. The van der Waals surface area contributed by atoms with Gasteiger partial charge in [0.25, 0.3) is 5.91 Å². The Morgan fingerprint density at radius 3 is 2.86 bits per heavy atom. The van der Waals surface area contributed by atoms with E-state index in [2.05, 4.69) is 23.1 Å². The Morgan fingerprint density at radius 1 is 1.57 bits per heavy atom. The van der Waals surface area contributed by atoms with Crippen LogP contribution in [0.3, 0.4) is 0 Å². The molecule has 2 aromatic rings. The highest BCUT2D eigenvalue weighted by Crippen LogP contribution is 2.34. The Bertz CT molecular complexity index is 641. The van der Waals surface area contributed by atoms with Crippen LogP contribution in [0.5, 0.6) is 0 Å². The van der Waals surface area contributed by atoms with Crippen molar-refractivity contribution in [2.45, 2.75) is 39.7 Å².